The van der Waals surface area contributed by atoms with Gasteiger partial charge in [-0.2, -0.15) is 0 Å². The molecule has 1 heterocycles. The Bertz CT molecular complexity index is 240. The van der Waals surface area contributed by atoms with Crippen molar-refractivity contribution >= 4 is 18.5 Å². The zero-order valence-corrected chi connectivity index (χ0v) is 10.4. The fourth-order valence-corrected chi connectivity index (χ4v) is 2.46. The maximum absolute atomic E-state index is 11.1. The molecule has 0 saturated carbocycles. The second-order valence-corrected chi connectivity index (χ2v) is 5.02. The van der Waals surface area contributed by atoms with Crippen LogP contribution in [0.5, 0.6) is 0 Å². The van der Waals surface area contributed by atoms with E-state index in [0.29, 0.717) is 13.1 Å². The molecule has 1 aliphatic rings. The van der Waals surface area contributed by atoms with E-state index in [2.05, 4.69) is 20.8 Å². The minimum Gasteiger partial charge on any atom is -0.465 e. The van der Waals surface area contributed by atoms with Crippen molar-refractivity contribution in [2.45, 2.75) is 39.2 Å². The molecule has 0 radical (unpaired) electrons. The standard InChI is InChI=1S/C10H20N2O2.ClH/c1-9(2,3)10(7-11)5-4-6-12(10)8(13)14;/h4-7,11H2,1-3H3,(H,13,14);1H/t10-;/m1./s1. The number of nitrogens with zero attached hydrogens (tertiary/aromatic N) is 1. The molecule has 5 heteroatoms. The second kappa shape index (κ2) is 4.58. The van der Waals surface area contributed by atoms with E-state index in [0.717, 1.165) is 12.8 Å². The molecule has 0 aromatic heterocycles. The van der Waals surface area contributed by atoms with Crippen LogP contribution in [0.1, 0.15) is 33.6 Å². The van der Waals surface area contributed by atoms with Crippen molar-refractivity contribution in [3.8, 4) is 0 Å². The lowest BCUT2D eigenvalue weighted by Crippen LogP contribution is -2.59. The van der Waals surface area contributed by atoms with Gasteiger partial charge in [0.2, 0.25) is 0 Å². The molecule has 0 aromatic rings. The maximum Gasteiger partial charge on any atom is 0.407 e. The van der Waals surface area contributed by atoms with Crippen LogP contribution < -0.4 is 5.73 Å². The Balaban J connectivity index is 0.00000196. The van der Waals surface area contributed by atoms with Gasteiger partial charge in [-0.1, -0.05) is 20.8 Å². The molecule has 0 aliphatic carbocycles. The van der Waals surface area contributed by atoms with Crippen LogP contribution in [0.25, 0.3) is 0 Å². The molecule has 15 heavy (non-hydrogen) atoms. The summed E-state index contributed by atoms with van der Waals surface area (Å²) in [7, 11) is 0. The predicted octanol–water partition coefficient (Wildman–Crippen LogP) is 1.93. The zero-order valence-electron chi connectivity index (χ0n) is 9.62. The van der Waals surface area contributed by atoms with Crippen LogP contribution in [0.4, 0.5) is 4.79 Å². The zero-order chi connectivity index (χ0) is 11.0. The molecular formula is C10H21ClN2O2. The maximum atomic E-state index is 11.1. The number of likely N-dealkylation sites (tertiary alicyclic amines) is 1. The molecular weight excluding hydrogens is 216 g/mol. The van der Waals surface area contributed by atoms with Crippen LogP contribution in [0, 0.1) is 5.41 Å². The van der Waals surface area contributed by atoms with E-state index in [1.165, 1.54) is 4.90 Å². The highest BCUT2D eigenvalue weighted by Crippen LogP contribution is 2.42. The van der Waals surface area contributed by atoms with Crippen molar-refractivity contribution < 1.29 is 9.90 Å². The van der Waals surface area contributed by atoms with Crippen molar-refractivity contribution in [2.75, 3.05) is 13.1 Å². The third kappa shape index (κ3) is 2.21. The van der Waals surface area contributed by atoms with E-state index < -0.39 is 6.09 Å². The summed E-state index contributed by atoms with van der Waals surface area (Å²) < 4.78 is 0. The smallest absolute Gasteiger partial charge is 0.407 e. The van der Waals surface area contributed by atoms with Gasteiger partial charge in [-0.3, -0.25) is 0 Å². The van der Waals surface area contributed by atoms with Crippen molar-refractivity contribution in [1.29, 1.82) is 0 Å². The normalized spacial score (nSPS) is 26.3. The van der Waals surface area contributed by atoms with Crippen molar-refractivity contribution in [1.82, 2.24) is 4.90 Å². The predicted molar refractivity (Wildman–Crippen MR) is 62.5 cm³/mol. The molecule has 1 amide bonds. The van der Waals surface area contributed by atoms with E-state index in [1.807, 2.05) is 0 Å². The van der Waals surface area contributed by atoms with Gasteiger partial charge in [0.15, 0.2) is 0 Å². The summed E-state index contributed by atoms with van der Waals surface area (Å²) in [6.45, 7) is 7.19. The van der Waals surface area contributed by atoms with Gasteiger partial charge in [0.25, 0.3) is 0 Å². The highest BCUT2D eigenvalue weighted by molar-refractivity contribution is 5.85. The van der Waals surface area contributed by atoms with Crippen molar-refractivity contribution in [3.63, 3.8) is 0 Å². The lowest BCUT2D eigenvalue weighted by atomic mass is 9.72. The van der Waals surface area contributed by atoms with E-state index in [-0.39, 0.29) is 23.4 Å². The number of amides is 1. The van der Waals surface area contributed by atoms with Gasteiger partial charge in [0, 0.05) is 13.1 Å². The van der Waals surface area contributed by atoms with Crippen LogP contribution in [0.2, 0.25) is 0 Å². The summed E-state index contributed by atoms with van der Waals surface area (Å²) in [6.07, 6.45) is 0.947. The molecule has 0 unspecified atom stereocenters. The second-order valence-electron chi connectivity index (χ2n) is 5.02. The Morgan fingerprint density at radius 2 is 2.07 bits per heavy atom. The first kappa shape index (κ1) is 14.5. The SMILES string of the molecule is CC(C)(C)[C@]1(CN)CCCN1C(=O)O.Cl. The van der Waals surface area contributed by atoms with Gasteiger partial charge in [-0.25, -0.2) is 4.79 Å². The quantitative estimate of drug-likeness (QED) is 0.731. The molecule has 3 N–H and O–H groups in total. The number of carbonyl (C=O) groups is 1. The third-order valence-electron chi connectivity index (χ3n) is 3.45. The number of halogens is 1. The van der Waals surface area contributed by atoms with Crippen LogP contribution in [0.3, 0.4) is 0 Å². The summed E-state index contributed by atoms with van der Waals surface area (Å²) in [4.78, 5) is 12.6. The van der Waals surface area contributed by atoms with Gasteiger partial charge in [-0.15, -0.1) is 12.4 Å². The van der Waals surface area contributed by atoms with Crippen molar-refractivity contribution in [3.05, 3.63) is 0 Å². The molecule has 0 spiro atoms. The Hall–Kier alpha value is -0.480. The van der Waals surface area contributed by atoms with Crippen LogP contribution in [0.15, 0.2) is 0 Å². The molecule has 1 atom stereocenters. The Labute approximate surface area is 97.2 Å². The molecule has 1 saturated heterocycles. The monoisotopic (exact) mass is 236 g/mol. The average molecular weight is 237 g/mol. The van der Waals surface area contributed by atoms with E-state index in [4.69, 9.17) is 10.8 Å². The van der Waals surface area contributed by atoms with Gasteiger partial charge in [0.1, 0.15) is 0 Å². The minimum atomic E-state index is -0.845. The average Bonchev–Trinajstić information content (AvgIpc) is 2.46. The van der Waals surface area contributed by atoms with E-state index >= 15 is 0 Å². The van der Waals surface area contributed by atoms with Crippen LogP contribution in [-0.4, -0.2) is 34.7 Å². The van der Waals surface area contributed by atoms with Crippen LogP contribution >= 0.6 is 12.4 Å². The fraction of sp³-hybridized carbons (Fsp3) is 0.900. The molecule has 1 rings (SSSR count). The lowest BCUT2D eigenvalue weighted by Gasteiger charge is -2.46. The van der Waals surface area contributed by atoms with E-state index in [9.17, 15) is 4.79 Å². The molecule has 1 aliphatic heterocycles. The lowest BCUT2D eigenvalue weighted by molar-refractivity contribution is 0.0370. The van der Waals surface area contributed by atoms with Crippen molar-refractivity contribution in [2.24, 2.45) is 11.1 Å². The first-order valence-electron chi connectivity index (χ1n) is 5.06. The summed E-state index contributed by atoms with van der Waals surface area (Å²) in [5.41, 5.74) is 5.30. The van der Waals surface area contributed by atoms with Gasteiger partial charge < -0.3 is 15.7 Å². The minimum absolute atomic E-state index is 0. The number of hydrogen-bond acceptors (Lipinski definition) is 2. The third-order valence-corrected chi connectivity index (χ3v) is 3.45. The summed E-state index contributed by atoms with van der Waals surface area (Å²) in [5.74, 6) is 0. The number of nitrogens with two attached hydrogens (primary N) is 1. The number of hydrogen-bond donors (Lipinski definition) is 2. The summed E-state index contributed by atoms with van der Waals surface area (Å²) in [6, 6.07) is 0. The molecule has 1 fully saturated rings. The molecule has 4 nitrogen and oxygen atoms in total. The van der Waals surface area contributed by atoms with Gasteiger partial charge >= 0.3 is 6.09 Å². The summed E-state index contributed by atoms with van der Waals surface area (Å²) in [5, 5.41) is 9.11. The first-order valence-corrected chi connectivity index (χ1v) is 5.06. The Kier molecular flexibility index (Phi) is 4.43. The molecule has 0 aromatic carbocycles. The first-order chi connectivity index (χ1) is 6.35. The molecule has 0 bridgehead atoms. The van der Waals surface area contributed by atoms with E-state index in [1.54, 1.807) is 0 Å². The fourth-order valence-electron chi connectivity index (χ4n) is 2.46. The van der Waals surface area contributed by atoms with Crippen LogP contribution in [-0.2, 0) is 0 Å². The topological polar surface area (TPSA) is 66.6 Å². The largest absolute Gasteiger partial charge is 0.465 e. The summed E-state index contributed by atoms with van der Waals surface area (Å²) >= 11 is 0. The highest BCUT2D eigenvalue weighted by atomic mass is 35.5. The molecule has 90 valence electrons. The number of rotatable bonds is 1. The number of carboxylic acid groups (broad SMARTS) is 1. The van der Waals surface area contributed by atoms with Gasteiger partial charge in [-0.05, 0) is 18.3 Å². The Morgan fingerprint density at radius 3 is 2.33 bits per heavy atom. The Morgan fingerprint density at radius 1 is 1.53 bits per heavy atom. The van der Waals surface area contributed by atoms with Gasteiger partial charge in [0.05, 0.1) is 5.54 Å². The highest BCUT2D eigenvalue weighted by Gasteiger charge is 2.50.